The molecule has 220 valence electrons. The number of hydrogen-bond acceptors (Lipinski definition) is 9. The Kier molecular flexibility index (Phi) is 9.77. The van der Waals surface area contributed by atoms with E-state index in [1.54, 1.807) is 12.1 Å². The molecule has 1 N–H and O–H groups in total. The highest BCUT2D eigenvalue weighted by Crippen LogP contribution is 2.35. The predicted molar refractivity (Wildman–Crippen MR) is 161 cm³/mol. The minimum Gasteiger partial charge on any atom is -0.598 e. The molecule has 0 amide bonds. The summed E-state index contributed by atoms with van der Waals surface area (Å²) in [5, 5.41) is 14.4. The van der Waals surface area contributed by atoms with Gasteiger partial charge in [0.1, 0.15) is 17.0 Å². The van der Waals surface area contributed by atoms with Gasteiger partial charge in [-0.05, 0) is 63.8 Å². The third-order valence-electron chi connectivity index (χ3n) is 6.97. The molecule has 0 saturated carbocycles. The normalized spacial score (nSPS) is 17.1. The van der Waals surface area contributed by atoms with Gasteiger partial charge in [0.05, 0.1) is 24.3 Å². The van der Waals surface area contributed by atoms with Gasteiger partial charge in [-0.2, -0.15) is 5.26 Å². The van der Waals surface area contributed by atoms with Crippen LogP contribution in [0.25, 0.3) is 22.2 Å². The van der Waals surface area contributed by atoms with Gasteiger partial charge in [-0.1, -0.05) is 35.5 Å². The zero-order valence-electron chi connectivity index (χ0n) is 24.2. The van der Waals surface area contributed by atoms with Gasteiger partial charge in [0.15, 0.2) is 11.9 Å². The van der Waals surface area contributed by atoms with Gasteiger partial charge in [-0.3, -0.25) is 0 Å². The molecule has 42 heavy (non-hydrogen) atoms. The van der Waals surface area contributed by atoms with Crippen molar-refractivity contribution in [2.24, 2.45) is 0 Å². The van der Waals surface area contributed by atoms with E-state index in [9.17, 15) is 9.81 Å². The molecule has 3 atom stereocenters. The van der Waals surface area contributed by atoms with E-state index in [2.05, 4.69) is 15.9 Å². The zero-order valence-corrected chi connectivity index (χ0v) is 25.0. The van der Waals surface area contributed by atoms with Gasteiger partial charge in [0.2, 0.25) is 5.88 Å². The first kappa shape index (κ1) is 30.0. The van der Waals surface area contributed by atoms with Gasteiger partial charge >= 0.3 is 0 Å². The van der Waals surface area contributed by atoms with E-state index in [1.165, 1.54) is 0 Å². The van der Waals surface area contributed by atoms with Crippen LogP contribution >= 0.6 is 0 Å². The third-order valence-corrected chi connectivity index (χ3v) is 8.58. The second-order valence-electron chi connectivity index (χ2n) is 11.2. The molecule has 2 aromatic carbocycles. The molecule has 5 rings (SSSR count). The van der Waals surface area contributed by atoms with Crippen molar-refractivity contribution in [3.05, 3.63) is 77.5 Å². The van der Waals surface area contributed by atoms with E-state index >= 15 is 0 Å². The molecule has 0 radical (unpaired) electrons. The van der Waals surface area contributed by atoms with Gasteiger partial charge in [-0.15, -0.1) is 4.72 Å². The first-order valence-electron chi connectivity index (χ1n) is 14.2. The topological polar surface area (TPSA) is 125 Å². The monoisotopic (exact) mass is 588 g/mol. The van der Waals surface area contributed by atoms with E-state index in [4.69, 9.17) is 23.7 Å². The lowest BCUT2D eigenvalue weighted by Gasteiger charge is -2.29. The third kappa shape index (κ3) is 7.48. The first-order chi connectivity index (χ1) is 20.3. The molecule has 1 aliphatic rings. The first-order valence-corrected chi connectivity index (χ1v) is 15.4. The molecule has 1 saturated heterocycles. The number of ether oxygens (including phenoxy) is 3. The Morgan fingerprint density at radius 2 is 1.98 bits per heavy atom. The number of nitriles is 1. The molecule has 3 unspecified atom stereocenters. The average molecular weight is 589 g/mol. The van der Waals surface area contributed by atoms with Crippen LogP contribution in [0.1, 0.15) is 62.9 Å². The maximum atomic E-state index is 13.4. The molecule has 0 spiro atoms. The van der Waals surface area contributed by atoms with Crippen LogP contribution in [-0.2, 0) is 27.3 Å². The Balaban J connectivity index is 1.38. The van der Waals surface area contributed by atoms with Crippen LogP contribution in [0.4, 0.5) is 0 Å². The smallest absolute Gasteiger partial charge is 0.213 e. The van der Waals surface area contributed by atoms with Crippen molar-refractivity contribution < 1.29 is 23.3 Å². The van der Waals surface area contributed by atoms with Gasteiger partial charge in [0.25, 0.3) is 0 Å². The average Bonchev–Trinajstić information content (AvgIpc) is 3.42. The SMILES string of the molecule is CC(C)(C)[S+]([O-])NC(Cc1cccc(OCCOC2CCCCO2)n1)c1ccccc1-c1noc2cc(C#N)ccc12. The van der Waals surface area contributed by atoms with Crippen LogP contribution in [0, 0.1) is 11.3 Å². The van der Waals surface area contributed by atoms with Gasteiger partial charge in [-0.25, -0.2) is 4.98 Å². The molecule has 9 nitrogen and oxygen atoms in total. The minimum atomic E-state index is -1.36. The Morgan fingerprint density at radius 1 is 1.12 bits per heavy atom. The summed E-state index contributed by atoms with van der Waals surface area (Å²) in [6, 6.07) is 20.6. The van der Waals surface area contributed by atoms with Crippen LogP contribution < -0.4 is 9.46 Å². The predicted octanol–water partition coefficient (Wildman–Crippen LogP) is 6.02. The Hall–Kier alpha value is -3.46. The summed E-state index contributed by atoms with van der Waals surface area (Å²) in [5.74, 6) is 0.500. The molecule has 1 fully saturated rings. The summed E-state index contributed by atoms with van der Waals surface area (Å²) < 4.78 is 39.1. The van der Waals surface area contributed by atoms with Crippen LogP contribution in [0.15, 0.2) is 65.2 Å². The fourth-order valence-corrected chi connectivity index (χ4v) is 5.59. The summed E-state index contributed by atoms with van der Waals surface area (Å²) in [7, 11) is 0. The molecule has 10 heteroatoms. The molecule has 0 bridgehead atoms. The number of rotatable bonds is 11. The van der Waals surface area contributed by atoms with Crippen LogP contribution in [0.3, 0.4) is 0 Å². The molecule has 4 aromatic rings. The lowest BCUT2D eigenvalue weighted by atomic mass is 9.94. The number of hydrogen-bond donors (Lipinski definition) is 1. The van der Waals surface area contributed by atoms with Crippen molar-refractivity contribution in [3.8, 4) is 23.2 Å². The summed E-state index contributed by atoms with van der Waals surface area (Å²) in [6.45, 7) is 7.32. The van der Waals surface area contributed by atoms with E-state index in [0.29, 0.717) is 42.4 Å². The Morgan fingerprint density at radius 3 is 2.76 bits per heavy atom. The van der Waals surface area contributed by atoms with Crippen molar-refractivity contribution in [1.82, 2.24) is 14.9 Å². The van der Waals surface area contributed by atoms with Gasteiger partial charge < -0.3 is 23.3 Å². The largest absolute Gasteiger partial charge is 0.598 e. The number of fused-ring (bicyclic) bond motifs is 1. The summed E-state index contributed by atoms with van der Waals surface area (Å²) in [4.78, 5) is 4.74. The molecule has 2 aromatic heterocycles. The summed E-state index contributed by atoms with van der Waals surface area (Å²) >= 11 is -1.36. The lowest BCUT2D eigenvalue weighted by molar-refractivity contribution is -0.165. The standard InChI is InChI=1S/C32H36N4O5S/c1-32(2,3)42(37)36-27(20-23-9-8-12-29(34-23)38-17-18-40-30-13-6-7-16-39-30)24-10-4-5-11-25(24)31-26-15-14-22(21-33)19-28(26)41-35-31/h4-5,8-12,14-15,19,27,30,36H,6-7,13,16-18,20H2,1-3H3. The molecule has 3 heterocycles. The maximum absolute atomic E-state index is 13.4. The summed E-state index contributed by atoms with van der Waals surface area (Å²) in [5.41, 5.74) is 4.23. The lowest BCUT2D eigenvalue weighted by Crippen LogP contribution is -2.42. The number of pyridine rings is 1. The van der Waals surface area contributed by atoms with Gasteiger partial charge in [0, 0.05) is 53.2 Å². The second-order valence-corrected chi connectivity index (χ2v) is 13.2. The van der Waals surface area contributed by atoms with E-state index in [-0.39, 0.29) is 12.3 Å². The maximum Gasteiger partial charge on any atom is 0.213 e. The van der Waals surface area contributed by atoms with Crippen LogP contribution in [-0.4, -0.2) is 45.6 Å². The van der Waals surface area contributed by atoms with Crippen molar-refractivity contribution in [3.63, 3.8) is 0 Å². The van der Waals surface area contributed by atoms with Crippen LogP contribution in [0.2, 0.25) is 0 Å². The minimum absolute atomic E-state index is 0.160. The van der Waals surface area contributed by atoms with E-state index in [1.807, 2.05) is 69.3 Å². The summed E-state index contributed by atoms with van der Waals surface area (Å²) in [6.07, 6.45) is 3.39. The number of benzene rings is 2. The fraction of sp³-hybridized carbons (Fsp3) is 0.406. The quantitative estimate of drug-likeness (QED) is 0.165. The number of nitrogens with one attached hydrogen (secondary N) is 1. The van der Waals surface area contributed by atoms with E-state index < -0.39 is 16.1 Å². The molecule has 1 aliphatic heterocycles. The van der Waals surface area contributed by atoms with Crippen molar-refractivity contribution in [2.45, 2.75) is 63.5 Å². The van der Waals surface area contributed by atoms with Crippen LogP contribution in [0.5, 0.6) is 5.88 Å². The molecular formula is C32H36N4O5S. The van der Waals surface area contributed by atoms with Crippen molar-refractivity contribution in [2.75, 3.05) is 19.8 Å². The second kappa shape index (κ2) is 13.7. The highest BCUT2D eigenvalue weighted by molar-refractivity contribution is 7.90. The molecular weight excluding hydrogens is 552 g/mol. The highest BCUT2D eigenvalue weighted by atomic mass is 32.2. The molecule has 0 aliphatic carbocycles. The Labute approximate surface area is 249 Å². The van der Waals surface area contributed by atoms with Crippen molar-refractivity contribution >= 4 is 22.3 Å². The fourth-order valence-electron chi connectivity index (χ4n) is 4.77. The van der Waals surface area contributed by atoms with E-state index in [0.717, 1.165) is 48.1 Å². The zero-order chi connectivity index (χ0) is 29.5. The number of aromatic nitrogens is 2. The highest BCUT2D eigenvalue weighted by Gasteiger charge is 2.32. The Bertz CT molecular complexity index is 1520. The van der Waals surface area contributed by atoms with Crippen molar-refractivity contribution in [1.29, 1.82) is 5.26 Å². The number of nitrogens with zero attached hydrogens (tertiary/aromatic N) is 3.